The number of carbonyl (C=O) groups is 1. The highest BCUT2D eigenvalue weighted by Gasteiger charge is 2.19. The number of carbonyl (C=O) groups excluding carboxylic acids is 1. The van der Waals surface area contributed by atoms with Crippen molar-refractivity contribution in [2.45, 2.75) is 12.8 Å². The minimum atomic E-state index is -0.0489. The number of hydrogen-bond donors (Lipinski definition) is 3. The van der Waals surface area contributed by atoms with Crippen LogP contribution in [0.25, 0.3) is 0 Å². The summed E-state index contributed by atoms with van der Waals surface area (Å²) in [6, 6.07) is 0. The van der Waals surface area contributed by atoms with E-state index in [1.165, 1.54) is 0 Å². The topological polar surface area (TPSA) is 67.1 Å². The summed E-state index contributed by atoms with van der Waals surface area (Å²) < 4.78 is 0. The van der Waals surface area contributed by atoms with Crippen molar-refractivity contribution < 1.29 is 4.79 Å². The molecular weight excluding hydrogens is 130 g/mol. The van der Waals surface area contributed by atoms with Crippen molar-refractivity contribution in [3.05, 3.63) is 0 Å². The zero-order valence-corrected chi connectivity index (χ0v) is 5.89. The van der Waals surface area contributed by atoms with Crippen LogP contribution < -0.4 is 16.6 Å². The molecule has 0 aromatic carbocycles. The van der Waals surface area contributed by atoms with Crippen molar-refractivity contribution >= 4 is 5.91 Å². The summed E-state index contributed by atoms with van der Waals surface area (Å²) in [7, 11) is 0. The van der Waals surface area contributed by atoms with Gasteiger partial charge in [0, 0.05) is 6.54 Å². The number of rotatable bonds is 1. The van der Waals surface area contributed by atoms with Gasteiger partial charge < -0.3 is 5.32 Å². The van der Waals surface area contributed by atoms with Gasteiger partial charge in [0.2, 0.25) is 5.91 Å². The quantitative estimate of drug-likeness (QED) is 0.250. The van der Waals surface area contributed by atoms with Gasteiger partial charge in [-0.2, -0.15) is 0 Å². The van der Waals surface area contributed by atoms with E-state index in [4.69, 9.17) is 5.84 Å². The fraction of sp³-hybridized carbons (Fsp3) is 0.833. The molecule has 1 fully saturated rings. The number of amides is 1. The van der Waals surface area contributed by atoms with Gasteiger partial charge in [-0.15, -0.1) is 0 Å². The Balaban J connectivity index is 2.31. The van der Waals surface area contributed by atoms with Crippen molar-refractivity contribution in [2.75, 3.05) is 13.1 Å². The Morgan fingerprint density at radius 2 is 2.50 bits per heavy atom. The first kappa shape index (κ1) is 7.50. The molecule has 0 radical (unpaired) electrons. The van der Waals surface area contributed by atoms with Crippen molar-refractivity contribution in [1.82, 2.24) is 10.7 Å². The molecule has 0 aromatic rings. The van der Waals surface area contributed by atoms with Crippen LogP contribution in [-0.2, 0) is 4.79 Å². The van der Waals surface area contributed by atoms with Crippen LogP contribution in [0.2, 0.25) is 0 Å². The summed E-state index contributed by atoms with van der Waals surface area (Å²) >= 11 is 0. The zero-order chi connectivity index (χ0) is 7.40. The summed E-state index contributed by atoms with van der Waals surface area (Å²) in [6.45, 7) is 1.79. The minimum absolute atomic E-state index is 0.0489. The lowest BCUT2D eigenvalue weighted by atomic mass is 9.99. The van der Waals surface area contributed by atoms with E-state index >= 15 is 0 Å². The number of nitrogens with two attached hydrogens (primary N) is 1. The molecule has 0 bridgehead atoms. The third-order valence-corrected chi connectivity index (χ3v) is 1.81. The molecule has 1 rings (SSSR count). The van der Waals surface area contributed by atoms with Gasteiger partial charge >= 0.3 is 0 Å². The highest BCUT2D eigenvalue weighted by atomic mass is 16.2. The molecule has 4 nitrogen and oxygen atoms in total. The van der Waals surface area contributed by atoms with Crippen molar-refractivity contribution in [1.29, 1.82) is 0 Å². The van der Waals surface area contributed by atoms with Crippen molar-refractivity contribution in [3.8, 4) is 0 Å². The Hall–Kier alpha value is -0.610. The molecule has 1 saturated heterocycles. The van der Waals surface area contributed by atoms with Gasteiger partial charge in [-0.05, 0) is 19.4 Å². The second kappa shape index (κ2) is 3.53. The second-order valence-corrected chi connectivity index (χ2v) is 2.55. The summed E-state index contributed by atoms with van der Waals surface area (Å²) in [5.41, 5.74) is 2.16. The third kappa shape index (κ3) is 1.68. The number of hydrazine groups is 1. The predicted octanol–water partition coefficient (Wildman–Crippen LogP) is -1.02. The Morgan fingerprint density at radius 3 is 3.00 bits per heavy atom. The van der Waals surface area contributed by atoms with E-state index in [9.17, 15) is 4.79 Å². The van der Waals surface area contributed by atoms with Gasteiger partial charge in [0.05, 0.1) is 5.92 Å². The van der Waals surface area contributed by atoms with Gasteiger partial charge in [0.15, 0.2) is 0 Å². The number of hydrogen-bond acceptors (Lipinski definition) is 3. The highest BCUT2D eigenvalue weighted by Crippen LogP contribution is 2.08. The molecule has 4 N–H and O–H groups in total. The molecule has 1 atom stereocenters. The fourth-order valence-electron chi connectivity index (χ4n) is 1.19. The molecule has 4 heteroatoms. The van der Waals surface area contributed by atoms with Crippen LogP contribution in [0.4, 0.5) is 0 Å². The molecule has 58 valence electrons. The van der Waals surface area contributed by atoms with Crippen LogP contribution in [0.3, 0.4) is 0 Å². The standard InChI is InChI=1S/C6H13N3O/c7-9-6(10)5-2-1-3-8-4-5/h5,8H,1-4,7H2,(H,9,10)/t5-/m0/s1. The smallest absolute Gasteiger partial charge is 0.238 e. The Morgan fingerprint density at radius 1 is 1.70 bits per heavy atom. The molecular formula is C6H13N3O. The third-order valence-electron chi connectivity index (χ3n) is 1.81. The summed E-state index contributed by atoms with van der Waals surface area (Å²) in [4.78, 5) is 10.9. The monoisotopic (exact) mass is 143 g/mol. The van der Waals surface area contributed by atoms with Crippen molar-refractivity contribution in [3.63, 3.8) is 0 Å². The summed E-state index contributed by atoms with van der Waals surface area (Å²) in [5.74, 6) is 5.01. The Labute approximate surface area is 60.1 Å². The molecule has 10 heavy (non-hydrogen) atoms. The van der Waals surface area contributed by atoms with Gasteiger partial charge in [-0.1, -0.05) is 0 Å². The van der Waals surface area contributed by atoms with Gasteiger partial charge in [0.1, 0.15) is 0 Å². The summed E-state index contributed by atoms with van der Waals surface area (Å²) in [6.07, 6.45) is 2.02. The first-order valence-corrected chi connectivity index (χ1v) is 3.56. The Kier molecular flexibility index (Phi) is 2.65. The maximum absolute atomic E-state index is 10.9. The van der Waals surface area contributed by atoms with E-state index in [-0.39, 0.29) is 11.8 Å². The average Bonchev–Trinajstić information content (AvgIpc) is 2.05. The van der Waals surface area contributed by atoms with Crippen LogP contribution in [0.15, 0.2) is 0 Å². The van der Waals surface area contributed by atoms with Crippen LogP contribution in [0.1, 0.15) is 12.8 Å². The molecule has 0 aliphatic carbocycles. The fourth-order valence-corrected chi connectivity index (χ4v) is 1.19. The van der Waals surface area contributed by atoms with E-state index in [2.05, 4.69) is 10.7 Å². The Bertz CT molecular complexity index is 120. The van der Waals surface area contributed by atoms with Gasteiger partial charge in [-0.25, -0.2) is 5.84 Å². The first-order valence-electron chi connectivity index (χ1n) is 3.56. The molecule has 0 unspecified atom stereocenters. The zero-order valence-electron chi connectivity index (χ0n) is 5.89. The lowest BCUT2D eigenvalue weighted by molar-refractivity contribution is -0.125. The number of nitrogens with one attached hydrogen (secondary N) is 2. The van der Waals surface area contributed by atoms with Crippen molar-refractivity contribution in [2.24, 2.45) is 11.8 Å². The first-order chi connectivity index (χ1) is 4.84. The van der Waals surface area contributed by atoms with E-state index in [0.29, 0.717) is 0 Å². The van der Waals surface area contributed by atoms with Gasteiger partial charge in [-0.3, -0.25) is 10.2 Å². The van der Waals surface area contributed by atoms with Crippen LogP contribution in [0, 0.1) is 5.92 Å². The van der Waals surface area contributed by atoms with Crippen LogP contribution in [0.5, 0.6) is 0 Å². The van der Waals surface area contributed by atoms with E-state index < -0.39 is 0 Å². The lowest BCUT2D eigenvalue weighted by Crippen LogP contribution is -2.43. The largest absolute Gasteiger partial charge is 0.316 e. The molecule has 0 saturated carbocycles. The van der Waals surface area contributed by atoms with E-state index in [1.54, 1.807) is 0 Å². The maximum atomic E-state index is 10.9. The molecule has 1 aliphatic heterocycles. The number of piperidine rings is 1. The molecule has 0 aromatic heterocycles. The summed E-state index contributed by atoms with van der Waals surface area (Å²) in [5, 5.41) is 3.13. The van der Waals surface area contributed by atoms with E-state index in [1.807, 2.05) is 0 Å². The normalized spacial score (nSPS) is 25.9. The lowest BCUT2D eigenvalue weighted by Gasteiger charge is -2.20. The van der Waals surface area contributed by atoms with Crippen LogP contribution >= 0.6 is 0 Å². The minimum Gasteiger partial charge on any atom is -0.316 e. The highest BCUT2D eigenvalue weighted by molar-refractivity contribution is 5.78. The van der Waals surface area contributed by atoms with E-state index in [0.717, 1.165) is 25.9 Å². The maximum Gasteiger partial charge on any atom is 0.238 e. The molecule has 1 heterocycles. The molecule has 1 amide bonds. The van der Waals surface area contributed by atoms with Crippen LogP contribution in [-0.4, -0.2) is 19.0 Å². The average molecular weight is 143 g/mol. The SMILES string of the molecule is NNC(=O)[C@H]1CCCNC1. The predicted molar refractivity (Wildman–Crippen MR) is 37.9 cm³/mol. The van der Waals surface area contributed by atoms with Gasteiger partial charge in [0.25, 0.3) is 0 Å². The molecule has 0 spiro atoms. The second-order valence-electron chi connectivity index (χ2n) is 2.55. The molecule has 1 aliphatic rings.